The van der Waals surface area contributed by atoms with Crippen LogP contribution in [0.15, 0.2) is 12.2 Å². The predicted molar refractivity (Wildman–Crippen MR) is 40.8 cm³/mol. The van der Waals surface area contributed by atoms with E-state index in [4.69, 9.17) is 0 Å². The molecule has 0 heterocycles. The summed E-state index contributed by atoms with van der Waals surface area (Å²) in [6.07, 6.45) is -3.55. The van der Waals surface area contributed by atoms with Crippen LogP contribution in [0, 0.1) is 0 Å². The lowest BCUT2D eigenvalue weighted by molar-refractivity contribution is -0.231. The van der Waals surface area contributed by atoms with E-state index < -0.39 is 18.5 Å². The first kappa shape index (κ1) is 11.1. The third kappa shape index (κ3) is 4.05. The van der Waals surface area contributed by atoms with Crippen molar-refractivity contribution in [2.45, 2.75) is 32.8 Å². The maximum atomic E-state index is 12.6. The Bertz CT molecular complexity index is 187. The molecule has 0 saturated heterocycles. The highest BCUT2D eigenvalue weighted by atomic mass is 19.3. The SMILES string of the molecule is C=C(C)C(=O)OC(F)(F)CCC. The molecule has 0 radical (unpaired) electrons. The maximum Gasteiger partial charge on any atom is 0.400 e. The van der Waals surface area contributed by atoms with E-state index in [2.05, 4.69) is 11.3 Å². The molecule has 0 N–H and O–H groups in total. The minimum absolute atomic E-state index is 0.0224. The van der Waals surface area contributed by atoms with Crippen LogP contribution in [0.5, 0.6) is 0 Å². The van der Waals surface area contributed by atoms with Gasteiger partial charge in [0.2, 0.25) is 0 Å². The first-order valence-corrected chi connectivity index (χ1v) is 3.65. The number of halogens is 2. The molecule has 0 aliphatic rings. The molecule has 0 amide bonds. The quantitative estimate of drug-likeness (QED) is 0.488. The fraction of sp³-hybridized carbons (Fsp3) is 0.625. The van der Waals surface area contributed by atoms with Gasteiger partial charge in [-0.25, -0.2) is 4.79 Å². The van der Waals surface area contributed by atoms with Gasteiger partial charge in [0.15, 0.2) is 0 Å². The second-order valence-electron chi connectivity index (χ2n) is 2.56. The number of alkyl halides is 2. The lowest BCUT2D eigenvalue weighted by Gasteiger charge is -2.15. The van der Waals surface area contributed by atoms with Crippen LogP contribution in [-0.2, 0) is 9.53 Å². The number of carbonyl (C=O) groups excluding carboxylic acids is 1. The molecule has 0 aromatic carbocycles. The van der Waals surface area contributed by atoms with Crippen LogP contribution in [-0.4, -0.2) is 12.1 Å². The van der Waals surface area contributed by atoms with Crippen molar-refractivity contribution >= 4 is 5.97 Å². The molecular weight excluding hydrogens is 166 g/mol. The normalized spacial score (nSPS) is 11.0. The Kier molecular flexibility index (Phi) is 3.86. The molecule has 0 aliphatic heterocycles. The zero-order valence-electron chi connectivity index (χ0n) is 7.19. The van der Waals surface area contributed by atoms with Crippen molar-refractivity contribution in [3.05, 3.63) is 12.2 Å². The fourth-order valence-corrected chi connectivity index (χ4v) is 0.565. The second kappa shape index (κ2) is 4.18. The number of ether oxygens (including phenoxy) is 1. The monoisotopic (exact) mass is 178 g/mol. The Labute approximate surface area is 70.2 Å². The van der Waals surface area contributed by atoms with Crippen molar-refractivity contribution in [3.8, 4) is 0 Å². The van der Waals surface area contributed by atoms with Crippen LogP contribution < -0.4 is 0 Å². The van der Waals surface area contributed by atoms with Gasteiger partial charge in [0, 0.05) is 5.57 Å². The summed E-state index contributed by atoms with van der Waals surface area (Å²) in [5, 5.41) is 0. The van der Waals surface area contributed by atoms with Crippen molar-refractivity contribution in [3.63, 3.8) is 0 Å². The van der Waals surface area contributed by atoms with E-state index in [9.17, 15) is 13.6 Å². The second-order valence-corrected chi connectivity index (χ2v) is 2.56. The Morgan fingerprint density at radius 2 is 2.08 bits per heavy atom. The molecule has 0 aromatic rings. The first-order chi connectivity index (χ1) is 5.39. The zero-order chi connectivity index (χ0) is 9.78. The molecule has 12 heavy (non-hydrogen) atoms. The molecule has 0 rings (SSSR count). The summed E-state index contributed by atoms with van der Waals surface area (Å²) >= 11 is 0. The van der Waals surface area contributed by atoms with Gasteiger partial charge in [0.25, 0.3) is 0 Å². The summed E-state index contributed by atoms with van der Waals surface area (Å²) in [5.74, 6) is -1.05. The summed E-state index contributed by atoms with van der Waals surface area (Å²) in [6.45, 7) is 6.10. The molecule has 0 atom stereocenters. The van der Waals surface area contributed by atoms with Gasteiger partial charge < -0.3 is 4.74 Å². The standard InChI is InChI=1S/C8H12F2O2/c1-4-5-8(9,10)12-7(11)6(2)3/h2,4-5H2,1,3H3. The summed E-state index contributed by atoms with van der Waals surface area (Å²) in [5.41, 5.74) is -0.0224. The van der Waals surface area contributed by atoms with Gasteiger partial charge in [-0.3, -0.25) is 0 Å². The van der Waals surface area contributed by atoms with E-state index in [0.29, 0.717) is 0 Å². The van der Waals surface area contributed by atoms with Crippen LogP contribution in [0.25, 0.3) is 0 Å². The van der Waals surface area contributed by atoms with Gasteiger partial charge >= 0.3 is 12.1 Å². The Balaban J connectivity index is 4.05. The van der Waals surface area contributed by atoms with Crippen LogP contribution >= 0.6 is 0 Å². The van der Waals surface area contributed by atoms with Gasteiger partial charge in [-0.2, -0.15) is 8.78 Å². The number of rotatable bonds is 4. The fourth-order valence-electron chi connectivity index (χ4n) is 0.565. The molecule has 0 aromatic heterocycles. The summed E-state index contributed by atoms with van der Waals surface area (Å²) in [4.78, 5) is 10.6. The van der Waals surface area contributed by atoms with Crippen molar-refractivity contribution < 1.29 is 18.3 Å². The first-order valence-electron chi connectivity index (χ1n) is 3.65. The number of carbonyl (C=O) groups is 1. The largest absolute Gasteiger partial charge is 0.400 e. The Morgan fingerprint density at radius 1 is 1.58 bits per heavy atom. The third-order valence-electron chi connectivity index (χ3n) is 1.13. The van der Waals surface area contributed by atoms with Gasteiger partial charge in [-0.15, -0.1) is 0 Å². The molecule has 2 nitrogen and oxygen atoms in total. The summed E-state index contributed by atoms with van der Waals surface area (Å²) < 4.78 is 29.0. The third-order valence-corrected chi connectivity index (χ3v) is 1.13. The minimum Gasteiger partial charge on any atom is -0.397 e. The molecule has 0 aliphatic carbocycles. The molecule has 0 spiro atoms. The zero-order valence-corrected chi connectivity index (χ0v) is 7.19. The molecule has 0 saturated carbocycles. The average molecular weight is 178 g/mol. The average Bonchev–Trinajstić information content (AvgIpc) is 1.85. The van der Waals surface area contributed by atoms with E-state index >= 15 is 0 Å². The lowest BCUT2D eigenvalue weighted by atomic mass is 10.3. The Hall–Kier alpha value is -0.930. The molecule has 0 fully saturated rings. The van der Waals surface area contributed by atoms with Crippen molar-refractivity contribution in [2.24, 2.45) is 0 Å². The van der Waals surface area contributed by atoms with Crippen molar-refractivity contribution in [2.75, 3.05) is 0 Å². The minimum atomic E-state index is -3.36. The Morgan fingerprint density at radius 3 is 2.42 bits per heavy atom. The summed E-state index contributed by atoms with van der Waals surface area (Å²) in [7, 11) is 0. The molecule has 4 heteroatoms. The van der Waals surface area contributed by atoms with Crippen LogP contribution in [0.2, 0.25) is 0 Å². The maximum absolute atomic E-state index is 12.6. The predicted octanol–water partition coefficient (Wildman–Crippen LogP) is 2.50. The number of hydrogen-bond donors (Lipinski definition) is 0. The molecule has 0 unspecified atom stereocenters. The van der Waals surface area contributed by atoms with E-state index in [0.717, 1.165) is 0 Å². The van der Waals surface area contributed by atoms with Crippen molar-refractivity contribution in [1.82, 2.24) is 0 Å². The van der Waals surface area contributed by atoms with Gasteiger partial charge in [0.1, 0.15) is 0 Å². The number of hydrogen-bond acceptors (Lipinski definition) is 2. The van der Waals surface area contributed by atoms with E-state index in [1.54, 1.807) is 6.92 Å². The molecule has 70 valence electrons. The molecular formula is C8H12F2O2. The highest BCUT2D eigenvalue weighted by molar-refractivity contribution is 5.87. The van der Waals surface area contributed by atoms with Gasteiger partial charge in [-0.1, -0.05) is 13.5 Å². The van der Waals surface area contributed by atoms with Crippen LogP contribution in [0.1, 0.15) is 26.7 Å². The highest BCUT2D eigenvalue weighted by Gasteiger charge is 2.32. The van der Waals surface area contributed by atoms with Crippen LogP contribution in [0.4, 0.5) is 8.78 Å². The number of esters is 1. The van der Waals surface area contributed by atoms with Gasteiger partial charge in [0.05, 0.1) is 6.42 Å². The summed E-state index contributed by atoms with van der Waals surface area (Å²) in [6, 6.07) is 0. The van der Waals surface area contributed by atoms with Crippen LogP contribution in [0.3, 0.4) is 0 Å². The van der Waals surface area contributed by atoms with Crippen molar-refractivity contribution in [1.29, 1.82) is 0 Å². The smallest absolute Gasteiger partial charge is 0.397 e. The highest BCUT2D eigenvalue weighted by Crippen LogP contribution is 2.22. The van der Waals surface area contributed by atoms with E-state index in [1.807, 2.05) is 0 Å². The van der Waals surface area contributed by atoms with Gasteiger partial charge in [-0.05, 0) is 13.3 Å². The van der Waals surface area contributed by atoms with E-state index in [1.165, 1.54) is 6.92 Å². The van der Waals surface area contributed by atoms with E-state index in [-0.39, 0.29) is 12.0 Å². The lowest BCUT2D eigenvalue weighted by Crippen LogP contribution is -2.24. The molecule has 0 bridgehead atoms. The topological polar surface area (TPSA) is 26.3 Å².